The lowest BCUT2D eigenvalue weighted by molar-refractivity contribution is 0.0388. The number of ketones is 1. The van der Waals surface area contributed by atoms with Gasteiger partial charge in [-0.25, -0.2) is 9.59 Å². The summed E-state index contributed by atoms with van der Waals surface area (Å²) in [6.07, 6.45) is -1.37. The van der Waals surface area contributed by atoms with Crippen molar-refractivity contribution in [3.8, 4) is 0 Å². The summed E-state index contributed by atoms with van der Waals surface area (Å²) in [6.45, 7) is 12.2. The van der Waals surface area contributed by atoms with Crippen LogP contribution in [0.25, 0.3) is 0 Å². The summed E-state index contributed by atoms with van der Waals surface area (Å²) >= 11 is 1.47. The Balaban J connectivity index is 1.44. The van der Waals surface area contributed by atoms with Crippen molar-refractivity contribution >= 4 is 41.1 Å². The molecule has 216 valence electrons. The first-order chi connectivity index (χ1) is 19.3. The fraction of sp³-hybridized carbons (Fsp3) is 0.364. The zero-order valence-electron chi connectivity index (χ0n) is 24.5. The molecule has 4 rings (SSSR count). The van der Waals surface area contributed by atoms with Gasteiger partial charge in [-0.3, -0.25) is 15.4 Å². The van der Waals surface area contributed by atoms with Gasteiger partial charge in [-0.15, -0.1) is 11.8 Å². The Hall–Kier alpha value is -3.78. The lowest BCUT2D eigenvalue weighted by atomic mass is 9.83. The smallest absolute Gasteiger partial charge is 0.411 e. The minimum Gasteiger partial charge on any atom is -0.448 e. The van der Waals surface area contributed by atoms with Crippen LogP contribution in [0.2, 0.25) is 0 Å². The topological polar surface area (TPSA) is 93.7 Å². The number of nitrogens with one attached hydrogen (secondary N) is 2. The summed E-state index contributed by atoms with van der Waals surface area (Å²) in [7, 11) is 0. The SMILES string of the molecule is CC(C)(C)c1ccc(NC(=O)OCC2(COC(=O)Nc3ccc(C(C)(C)C)cc3)CSc3ccccc3C2=O)cc1. The minimum atomic E-state index is -1.24. The first-order valence-electron chi connectivity index (χ1n) is 13.6. The molecule has 0 radical (unpaired) electrons. The monoisotopic (exact) mass is 574 g/mol. The molecule has 8 heteroatoms. The highest BCUT2D eigenvalue weighted by Gasteiger charge is 2.46. The lowest BCUT2D eigenvalue weighted by Crippen LogP contribution is -2.46. The predicted molar refractivity (Wildman–Crippen MR) is 164 cm³/mol. The first kappa shape index (κ1) is 30.2. The number of Topliss-reactive ketones (excluding diaryl/α,β-unsaturated/α-hetero) is 1. The molecule has 0 bridgehead atoms. The van der Waals surface area contributed by atoms with E-state index in [2.05, 4.69) is 52.2 Å². The van der Waals surface area contributed by atoms with Crippen molar-refractivity contribution in [2.45, 2.75) is 57.3 Å². The maximum Gasteiger partial charge on any atom is 0.411 e. The highest BCUT2D eigenvalue weighted by molar-refractivity contribution is 7.99. The fourth-order valence-electron chi connectivity index (χ4n) is 4.43. The van der Waals surface area contributed by atoms with E-state index in [1.165, 1.54) is 11.8 Å². The van der Waals surface area contributed by atoms with Gasteiger partial charge in [0.2, 0.25) is 0 Å². The summed E-state index contributed by atoms with van der Waals surface area (Å²) in [5, 5.41) is 5.45. The number of ether oxygens (including phenoxy) is 2. The number of thioether (sulfide) groups is 1. The molecule has 0 atom stereocenters. The van der Waals surface area contributed by atoms with E-state index in [-0.39, 0.29) is 29.8 Å². The first-order valence-corrected chi connectivity index (χ1v) is 14.6. The van der Waals surface area contributed by atoms with Gasteiger partial charge >= 0.3 is 12.2 Å². The minimum absolute atomic E-state index is 0.0110. The third-order valence-electron chi connectivity index (χ3n) is 7.07. The Morgan fingerprint density at radius 1 is 0.732 bits per heavy atom. The van der Waals surface area contributed by atoms with Gasteiger partial charge in [-0.1, -0.05) is 84.0 Å². The molecule has 0 aliphatic carbocycles. The molecular formula is C33H38N2O5S. The van der Waals surface area contributed by atoms with Crippen LogP contribution in [0, 0.1) is 5.41 Å². The van der Waals surface area contributed by atoms with Crippen molar-refractivity contribution in [1.82, 2.24) is 0 Å². The second kappa shape index (κ2) is 12.0. The third-order valence-corrected chi connectivity index (χ3v) is 8.44. The summed E-state index contributed by atoms with van der Waals surface area (Å²) in [5.41, 5.74) is 2.71. The molecule has 0 saturated heterocycles. The van der Waals surface area contributed by atoms with Gasteiger partial charge in [0.05, 0.1) is 0 Å². The van der Waals surface area contributed by atoms with Crippen LogP contribution in [0.4, 0.5) is 21.0 Å². The van der Waals surface area contributed by atoms with Crippen molar-refractivity contribution in [1.29, 1.82) is 0 Å². The Morgan fingerprint density at radius 3 is 1.61 bits per heavy atom. The molecule has 7 nitrogen and oxygen atoms in total. The molecule has 41 heavy (non-hydrogen) atoms. The molecule has 0 saturated carbocycles. The molecule has 0 aromatic heterocycles. The van der Waals surface area contributed by atoms with Crippen LogP contribution in [-0.2, 0) is 20.3 Å². The van der Waals surface area contributed by atoms with E-state index in [1.54, 1.807) is 12.1 Å². The Labute approximate surface area is 246 Å². The van der Waals surface area contributed by atoms with E-state index < -0.39 is 17.6 Å². The molecule has 3 aromatic rings. The zero-order valence-corrected chi connectivity index (χ0v) is 25.3. The van der Waals surface area contributed by atoms with Crippen LogP contribution < -0.4 is 10.6 Å². The Kier molecular flexibility index (Phi) is 8.83. The Bertz CT molecular complexity index is 1330. The third kappa shape index (κ3) is 7.50. The fourth-order valence-corrected chi connectivity index (χ4v) is 5.65. The highest BCUT2D eigenvalue weighted by atomic mass is 32.2. The predicted octanol–water partition coefficient (Wildman–Crippen LogP) is 8.05. The molecule has 1 heterocycles. The molecule has 3 aromatic carbocycles. The largest absolute Gasteiger partial charge is 0.448 e. The van der Waals surface area contributed by atoms with Crippen LogP contribution in [0.15, 0.2) is 77.7 Å². The second-order valence-electron chi connectivity index (χ2n) is 12.5. The summed E-state index contributed by atoms with van der Waals surface area (Å²) < 4.78 is 11.1. The maximum atomic E-state index is 13.7. The van der Waals surface area contributed by atoms with Crippen LogP contribution in [0.1, 0.15) is 63.0 Å². The highest BCUT2D eigenvalue weighted by Crippen LogP contribution is 2.40. The van der Waals surface area contributed by atoms with Gasteiger partial charge in [-0.05, 0) is 52.3 Å². The number of fused-ring (bicyclic) bond motifs is 1. The van der Waals surface area contributed by atoms with Crippen molar-refractivity contribution in [2.24, 2.45) is 5.41 Å². The van der Waals surface area contributed by atoms with Crippen molar-refractivity contribution in [3.05, 3.63) is 89.5 Å². The molecular weight excluding hydrogens is 536 g/mol. The van der Waals surface area contributed by atoms with E-state index >= 15 is 0 Å². The average molecular weight is 575 g/mol. The van der Waals surface area contributed by atoms with Crippen LogP contribution in [-0.4, -0.2) is 36.9 Å². The van der Waals surface area contributed by atoms with Gasteiger partial charge in [0, 0.05) is 27.6 Å². The average Bonchev–Trinajstić information content (AvgIpc) is 2.92. The maximum absolute atomic E-state index is 13.7. The number of carbonyl (C=O) groups excluding carboxylic acids is 3. The van der Waals surface area contributed by atoms with Gasteiger partial charge in [0.1, 0.15) is 18.6 Å². The quantitative estimate of drug-likeness (QED) is 0.309. The normalized spacial score (nSPS) is 14.5. The van der Waals surface area contributed by atoms with Crippen molar-refractivity contribution in [3.63, 3.8) is 0 Å². The molecule has 1 aliphatic heterocycles. The summed E-state index contributed by atoms with van der Waals surface area (Å²) in [6, 6.07) is 22.4. The number of anilines is 2. The second-order valence-corrected chi connectivity index (χ2v) is 13.5. The number of carbonyl (C=O) groups is 3. The lowest BCUT2D eigenvalue weighted by Gasteiger charge is -2.34. The standard InChI is InChI=1S/C33H38N2O5S/c1-31(2,3)22-11-15-24(16-12-22)34-29(37)39-19-33(21-41-27-10-8-7-9-26(27)28(33)36)20-40-30(38)35-25-17-13-23(14-18-25)32(4,5)6/h7-18H,19-21H2,1-6H3,(H,34,37)(H,35,38). The van der Waals surface area contributed by atoms with Crippen LogP contribution in [0.5, 0.6) is 0 Å². The zero-order chi connectivity index (χ0) is 29.8. The van der Waals surface area contributed by atoms with E-state index in [4.69, 9.17) is 9.47 Å². The van der Waals surface area contributed by atoms with E-state index in [9.17, 15) is 14.4 Å². The number of hydrogen-bond acceptors (Lipinski definition) is 6. The molecule has 0 fully saturated rings. The van der Waals surface area contributed by atoms with Crippen LogP contribution >= 0.6 is 11.8 Å². The molecule has 0 spiro atoms. The van der Waals surface area contributed by atoms with Crippen LogP contribution in [0.3, 0.4) is 0 Å². The molecule has 1 aliphatic rings. The Morgan fingerprint density at radius 2 is 1.17 bits per heavy atom. The van der Waals surface area contributed by atoms with E-state index in [1.807, 2.05) is 60.7 Å². The van der Waals surface area contributed by atoms with Gasteiger partial charge in [0.25, 0.3) is 0 Å². The number of rotatable bonds is 6. The summed E-state index contributed by atoms with van der Waals surface area (Å²) in [5.74, 6) is 0.0701. The molecule has 0 unspecified atom stereocenters. The van der Waals surface area contributed by atoms with E-state index in [0.717, 1.165) is 16.0 Å². The number of amides is 2. The van der Waals surface area contributed by atoms with Crippen molar-refractivity contribution < 1.29 is 23.9 Å². The summed E-state index contributed by atoms with van der Waals surface area (Å²) in [4.78, 5) is 40.0. The number of hydrogen-bond donors (Lipinski definition) is 2. The van der Waals surface area contributed by atoms with Crippen molar-refractivity contribution in [2.75, 3.05) is 29.6 Å². The molecule has 2 N–H and O–H groups in total. The molecule has 2 amide bonds. The van der Waals surface area contributed by atoms with Gasteiger partial charge < -0.3 is 9.47 Å². The van der Waals surface area contributed by atoms with E-state index in [0.29, 0.717) is 22.7 Å². The van der Waals surface area contributed by atoms with Gasteiger partial charge in [-0.2, -0.15) is 0 Å². The number of benzene rings is 3. The van der Waals surface area contributed by atoms with Gasteiger partial charge in [0.15, 0.2) is 5.78 Å².